The van der Waals surface area contributed by atoms with E-state index < -0.39 is 0 Å². The van der Waals surface area contributed by atoms with Gasteiger partial charge in [-0.25, -0.2) is 0 Å². The molecular weight excluding hydrogens is 198 g/mol. The second kappa shape index (κ2) is 2.99. The van der Waals surface area contributed by atoms with Gasteiger partial charge in [-0.3, -0.25) is 0 Å². The predicted octanol–water partition coefficient (Wildman–Crippen LogP) is 0.746. The molecule has 0 bridgehead atoms. The van der Waals surface area contributed by atoms with Crippen LogP contribution >= 0.6 is 11.3 Å². The molecule has 0 atom stereocenters. The summed E-state index contributed by atoms with van der Waals surface area (Å²) in [7, 11) is 0. The lowest BCUT2D eigenvalue weighted by molar-refractivity contribution is 0.672. The summed E-state index contributed by atoms with van der Waals surface area (Å²) in [6.45, 7) is 2.77. The number of aromatic nitrogens is 4. The molecule has 6 heteroatoms. The van der Waals surface area contributed by atoms with Crippen molar-refractivity contribution in [1.82, 2.24) is 25.1 Å². The van der Waals surface area contributed by atoms with Crippen molar-refractivity contribution in [2.75, 3.05) is 0 Å². The normalized spacial score (nSPS) is 16.6. The van der Waals surface area contributed by atoms with Crippen molar-refractivity contribution in [2.24, 2.45) is 0 Å². The minimum Gasteiger partial charge on any atom is -0.308 e. The van der Waals surface area contributed by atoms with Crippen LogP contribution in [-0.4, -0.2) is 25.9 Å². The molecule has 0 amide bonds. The van der Waals surface area contributed by atoms with Gasteiger partial charge in [0.05, 0.1) is 0 Å². The summed E-state index contributed by atoms with van der Waals surface area (Å²) in [5, 5.41) is 16.9. The van der Waals surface area contributed by atoms with Gasteiger partial charge in [0.25, 0.3) is 0 Å². The average Bonchev–Trinajstić information content (AvgIpc) is 2.82. The molecule has 0 radical (unpaired) electrons. The van der Waals surface area contributed by atoms with E-state index in [1.165, 1.54) is 12.8 Å². The van der Waals surface area contributed by atoms with Gasteiger partial charge in [0.2, 0.25) is 4.96 Å². The maximum absolute atomic E-state index is 4.42. The Kier molecular flexibility index (Phi) is 1.78. The van der Waals surface area contributed by atoms with Crippen molar-refractivity contribution in [1.29, 1.82) is 0 Å². The summed E-state index contributed by atoms with van der Waals surface area (Å²) in [5.74, 6) is 0.855. The van der Waals surface area contributed by atoms with E-state index in [1.807, 2.05) is 6.92 Å². The van der Waals surface area contributed by atoms with Crippen molar-refractivity contribution in [3.05, 3.63) is 10.8 Å². The van der Waals surface area contributed by atoms with Crippen LogP contribution in [0.4, 0.5) is 0 Å². The van der Waals surface area contributed by atoms with E-state index in [4.69, 9.17) is 0 Å². The largest absolute Gasteiger partial charge is 0.308 e. The molecule has 5 nitrogen and oxygen atoms in total. The summed E-state index contributed by atoms with van der Waals surface area (Å²) in [6, 6.07) is 0.727. The van der Waals surface area contributed by atoms with Gasteiger partial charge in [-0.2, -0.15) is 9.61 Å². The molecule has 14 heavy (non-hydrogen) atoms. The smallest absolute Gasteiger partial charge is 0.234 e. The fraction of sp³-hybridized carbons (Fsp3) is 0.625. The van der Waals surface area contributed by atoms with Crippen LogP contribution in [0.1, 0.15) is 23.7 Å². The molecule has 0 aromatic carbocycles. The van der Waals surface area contributed by atoms with Crippen molar-refractivity contribution < 1.29 is 0 Å². The fourth-order valence-corrected chi connectivity index (χ4v) is 2.17. The third kappa shape index (κ3) is 1.40. The number of nitrogens with zero attached hydrogens (tertiary/aromatic N) is 4. The van der Waals surface area contributed by atoms with Crippen molar-refractivity contribution in [3.63, 3.8) is 0 Å². The fourth-order valence-electron chi connectivity index (χ4n) is 1.34. The van der Waals surface area contributed by atoms with Crippen LogP contribution in [0.2, 0.25) is 0 Å². The maximum Gasteiger partial charge on any atom is 0.234 e. The highest BCUT2D eigenvalue weighted by molar-refractivity contribution is 7.16. The standard InChI is InChI=1S/C8H11N5S/c1-5-10-11-8-13(5)12-7(14-8)4-9-6-2-3-6/h6,9H,2-4H2,1H3. The molecule has 1 saturated carbocycles. The molecule has 1 aliphatic carbocycles. The van der Waals surface area contributed by atoms with Crippen LogP contribution in [-0.2, 0) is 6.54 Å². The first-order chi connectivity index (χ1) is 6.83. The number of rotatable bonds is 3. The Bertz CT molecular complexity index is 455. The average molecular weight is 209 g/mol. The van der Waals surface area contributed by atoms with E-state index >= 15 is 0 Å². The Morgan fingerprint density at radius 3 is 3.07 bits per heavy atom. The molecule has 2 aromatic heterocycles. The highest BCUT2D eigenvalue weighted by Gasteiger charge is 2.20. The van der Waals surface area contributed by atoms with E-state index in [-0.39, 0.29) is 0 Å². The molecular formula is C8H11N5S. The van der Waals surface area contributed by atoms with Crippen LogP contribution in [0, 0.1) is 6.92 Å². The highest BCUT2D eigenvalue weighted by Crippen LogP contribution is 2.20. The first-order valence-corrected chi connectivity index (χ1v) is 5.56. The van der Waals surface area contributed by atoms with Gasteiger partial charge in [-0.05, 0) is 19.8 Å². The number of aryl methyl sites for hydroxylation is 1. The summed E-state index contributed by atoms with van der Waals surface area (Å²) < 4.78 is 1.80. The molecule has 1 fully saturated rings. The van der Waals surface area contributed by atoms with Crippen molar-refractivity contribution >= 4 is 16.3 Å². The third-order valence-electron chi connectivity index (χ3n) is 2.31. The lowest BCUT2D eigenvalue weighted by Crippen LogP contribution is -2.15. The predicted molar refractivity (Wildman–Crippen MR) is 53.3 cm³/mol. The van der Waals surface area contributed by atoms with E-state index in [9.17, 15) is 0 Å². The summed E-state index contributed by atoms with van der Waals surface area (Å²) in [5.41, 5.74) is 0. The van der Waals surface area contributed by atoms with E-state index in [0.29, 0.717) is 0 Å². The molecule has 0 unspecified atom stereocenters. The Hall–Kier alpha value is -1.01. The Balaban J connectivity index is 1.82. The summed E-state index contributed by atoms with van der Waals surface area (Å²) in [4.78, 5) is 0.884. The summed E-state index contributed by atoms with van der Waals surface area (Å²) in [6.07, 6.45) is 2.62. The third-order valence-corrected chi connectivity index (χ3v) is 3.21. The van der Waals surface area contributed by atoms with Gasteiger partial charge >= 0.3 is 0 Å². The van der Waals surface area contributed by atoms with Gasteiger partial charge in [-0.1, -0.05) is 11.3 Å². The van der Waals surface area contributed by atoms with Crippen LogP contribution in [0.25, 0.3) is 4.96 Å². The zero-order chi connectivity index (χ0) is 9.54. The maximum atomic E-state index is 4.42. The highest BCUT2D eigenvalue weighted by atomic mass is 32.1. The molecule has 1 N–H and O–H groups in total. The van der Waals surface area contributed by atoms with E-state index in [2.05, 4.69) is 20.6 Å². The molecule has 0 spiro atoms. The van der Waals surface area contributed by atoms with Crippen LogP contribution in [0.5, 0.6) is 0 Å². The van der Waals surface area contributed by atoms with Crippen LogP contribution < -0.4 is 5.32 Å². The van der Waals surface area contributed by atoms with Crippen LogP contribution in [0.15, 0.2) is 0 Å². The monoisotopic (exact) mass is 209 g/mol. The van der Waals surface area contributed by atoms with Gasteiger partial charge in [0, 0.05) is 12.6 Å². The SMILES string of the molecule is Cc1nnc2sc(CNC3CC3)nn12. The zero-order valence-corrected chi connectivity index (χ0v) is 8.71. The Morgan fingerprint density at radius 2 is 2.36 bits per heavy atom. The first kappa shape index (κ1) is 8.31. The number of fused-ring (bicyclic) bond motifs is 1. The Labute approximate surface area is 85.2 Å². The van der Waals surface area contributed by atoms with Crippen molar-refractivity contribution in [3.8, 4) is 0 Å². The van der Waals surface area contributed by atoms with E-state index in [1.54, 1.807) is 15.9 Å². The topological polar surface area (TPSA) is 55.1 Å². The van der Waals surface area contributed by atoms with Crippen LogP contribution in [0.3, 0.4) is 0 Å². The number of nitrogens with one attached hydrogen (secondary N) is 1. The summed E-state index contributed by atoms with van der Waals surface area (Å²) >= 11 is 1.60. The van der Waals surface area contributed by atoms with Gasteiger partial charge in [0.15, 0.2) is 5.82 Å². The Morgan fingerprint density at radius 1 is 1.50 bits per heavy atom. The first-order valence-electron chi connectivity index (χ1n) is 4.74. The minimum atomic E-state index is 0.727. The molecule has 0 saturated heterocycles. The minimum absolute atomic E-state index is 0.727. The molecule has 2 aromatic rings. The molecule has 2 heterocycles. The molecule has 0 aliphatic heterocycles. The number of hydrogen-bond donors (Lipinski definition) is 1. The lowest BCUT2D eigenvalue weighted by atomic mass is 10.6. The van der Waals surface area contributed by atoms with Crippen molar-refractivity contribution in [2.45, 2.75) is 32.4 Å². The number of hydrogen-bond acceptors (Lipinski definition) is 5. The quantitative estimate of drug-likeness (QED) is 0.810. The lowest BCUT2D eigenvalue weighted by Gasteiger charge is -1.95. The van der Waals surface area contributed by atoms with Gasteiger partial charge in [-0.15, -0.1) is 10.2 Å². The zero-order valence-electron chi connectivity index (χ0n) is 7.90. The van der Waals surface area contributed by atoms with E-state index in [0.717, 1.165) is 28.4 Å². The van der Waals surface area contributed by atoms with Gasteiger partial charge < -0.3 is 5.32 Å². The van der Waals surface area contributed by atoms with Gasteiger partial charge in [0.1, 0.15) is 5.01 Å². The second-order valence-corrected chi connectivity index (χ2v) is 4.63. The molecule has 3 rings (SSSR count). The molecule has 74 valence electrons. The second-order valence-electron chi connectivity index (χ2n) is 3.59. The molecule has 1 aliphatic rings.